The summed E-state index contributed by atoms with van der Waals surface area (Å²) < 4.78 is 3.69. The van der Waals surface area contributed by atoms with Crippen molar-refractivity contribution in [2.75, 3.05) is 0 Å². The lowest BCUT2D eigenvalue weighted by Crippen LogP contribution is -2.23. The summed E-state index contributed by atoms with van der Waals surface area (Å²) in [4.78, 5) is 28.1. The van der Waals surface area contributed by atoms with Gasteiger partial charge in [0.05, 0.1) is 16.7 Å². The van der Waals surface area contributed by atoms with Crippen molar-refractivity contribution < 1.29 is 0 Å². The van der Waals surface area contributed by atoms with Crippen LogP contribution in [0, 0.1) is 6.92 Å². The van der Waals surface area contributed by atoms with E-state index < -0.39 is 0 Å². The zero-order valence-corrected chi connectivity index (χ0v) is 17.8. The maximum atomic E-state index is 13.6. The van der Waals surface area contributed by atoms with E-state index in [2.05, 4.69) is 0 Å². The zero-order chi connectivity index (χ0) is 21.1. The molecule has 154 valence electrons. The second-order valence-electron chi connectivity index (χ2n) is 8.25. The Morgan fingerprint density at radius 3 is 2.48 bits per heavy atom. The quantitative estimate of drug-likeness (QED) is 0.379. The number of aromatic nitrogens is 5. The topological polar surface area (TPSA) is 65.6 Å². The molecule has 0 bridgehead atoms. The summed E-state index contributed by atoms with van der Waals surface area (Å²) >= 11 is 6.44. The second kappa shape index (κ2) is 6.89. The lowest BCUT2D eigenvalue weighted by Gasteiger charge is -2.13. The van der Waals surface area contributed by atoms with Crippen LogP contribution in [0.1, 0.15) is 37.3 Å². The van der Waals surface area contributed by atoms with Crippen LogP contribution in [0.15, 0.2) is 53.6 Å². The molecule has 0 spiro atoms. The fraction of sp³-hybridized carbons (Fsp3) is 0.250. The van der Waals surface area contributed by atoms with E-state index in [0.29, 0.717) is 27.2 Å². The van der Waals surface area contributed by atoms with E-state index in [0.717, 1.165) is 48.0 Å². The monoisotopic (exact) mass is 429 g/mol. The average Bonchev–Trinajstić information content (AvgIpc) is 3.41. The molecule has 7 heteroatoms. The van der Waals surface area contributed by atoms with Crippen molar-refractivity contribution in [2.24, 2.45) is 0 Å². The van der Waals surface area contributed by atoms with Gasteiger partial charge < -0.3 is 0 Å². The number of fused-ring (bicyclic) bond motifs is 4. The first-order valence-corrected chi connectivity index (χ1v) is 10.9. The minimum absolute atomic E-state index is 0.0524. The van der Waals surface area contributed by atoms with Crippen LogP contribution in [0.25, 0.3) is 38.9 Å². The molecule has 5 aromatic rings. The third kappa shape index (κ3) is 2.78. The minimum atomic E-state index is -0.0524. The Kier molecular flexibility index (Phi) is 4.11. The van der Waals surface area contributed by atoms with Crippen LogP contribution in [0.3, 0.4) is 0 Å². The number of halogens is 1. The van der Waals surface area contributed by atoms with E-state index in [-0.39, 0.29) is 11.6 Å². The summed E-state index contributed by atoms with van der Waals surface area (Å²) in [5.41, 5.74) is 5.02. The number of hydrogen-bond acceptors (Lipinski definition) is 4. The van der Waals surface area contributed by atoms with Crippen LogP contribution in [-0.4, -0.2) is 24.1 Å². The Morgan fingerprint density at radius 2 is 1.74 bits per heavy atom. The third-order valence-corrected chi connectivity index (χ3v) is 6.73. The van der Waals surface area contributed by atoms with Crippen molar-refractivity contribution in [2.45, 2.75) is 38.6 Å². The Balaban J connectivity index is 1.76. The fourth-order valence-electron chi connectivity index (χ4n) is 4.66. The lowest BCUT2D eigenvalue weighted by atomic mass is 10.2. The molecular weight excluding hydrogens is 410 g/mol. The Morgan fingerprint density at radius 1 is 1.00 bits per heavy atom. The van der Waals surface area contributed by atoms with E-state index in [1.165, 1.54) is 0 Å². The van der Waals surface area contributed by atoms with Crippen LogP contribution in [0.5, 0.6) is 0 Å². The summed E-state index contributed by atoms with van der Waals surface area (Å²) in [6.07, 6.45) is 5.99. The van der Waals surface area contributed by atoms with Gasteiger partial charge in [0.1, 0.15) is 17.2 Å². The minimum Gasteiger partial charge on any atom is -0.295 e. The summed E-state index contributed by atoms with van der Waals surface area (Å²) in [6, 6.07) is 13.7. The van der Waals surface area contributed by atoms with Crippen molar-refractivity contribution in [3.8, 4) is 5.69 Å². The van der Waals surface area contributed by atoms with Crippen LogP contribution in [0.2, 0.25) is 5.02 Å². The van der Waals surface area contributed by atoms with Crippen LogP contribution in [0.4, 0.5) is 0 Å². The average molecular weight is 430 g/mol. The highest BCUT2D eigenvalue weighted by Crippen LogP contribution is 2.32. The Hall–Kier alpha value is -3.25. The maximum absolute atomic E-state index is 13.6. The van der Waals surface area contributed by atoms with Gasteiger partial charge in [0, 0.05) is 11.1 Å². The number of benzene rings is 2. The molecule has 0 aliphatic heterocycles. The van der Waals surface area contributed by atoms with Crippen molar-refractivity contribution in [1.29, 1.82) is 0 Å². The van der Waals surface area contributed by atoms with Gasteiger partial charge in [0.2, 0.25) is 0 Å². The number of nitrogens with zero attached hydrogens (tertiary/aromatic N) is 5. The molecule has 3 aromatic heterocycles. The maximum Gasteiger partial charge on any atom is 0.265 e. The van der Waals surface area contributed by atoms with Gasteiger partial charge in [-0.15, -0.1) is 0 Å². The van der Waals surface area contributed by atoms with Gasteiger partial charge in [0.15, 0.2) is 11.3 Å². The highest BCUT2D eigenvalue weighted by Gasteiger charge is 2.24. The molecule has 0 saturated heterocycles. The molecule has 0 N–H and O–H groups in total. The number of hydrogen-bond donors (Lipinski definition) is 0. The summed E-state index contributed by atoms with van der Waals surface area (Å²) in [5.74, 6) is 0. The van der Waals surface area contributed by atoms with Crippen LogP contribution in [-0.2, 0) is 0 Å². The smallest absolute Gasteiger partial charge is 0.265 e. The zero-order valence-electron chi connectivity index (χ0n) is 17.0. The highest BCUT2D eigenvalue weighted by molar-refractivity contribution is 6.31. The van der Waals surface area contributed by atoms with E-state index in [9.17, 15) is 4.79 Å². The number of para-hydroxylation sites is 2. The highest BCUT2D eigenvalue weighted by atomic mass is 35.5. The van der Waals surface area contributed by atoms with Crippen molar-refractivity contribution in [1.82, 2.24) is 24.1 Å². The van der Waals surface area contributed by atoms with Crippen molar-refractivity contribution in [3.63, 3.8) is 0 Å². The molecule has 1 fully saturated rings. The van der Waals surface area contributed by atoms with Crippen molar-refractivity contribution >= 4 is 44.8 Å². The van der Waals surface area contributed by atoms with E-state index in [4.69, 9.17) is 26.6 Å². The molecule has 6 rings (SSSR count). The molecule has 2 aromatic carbocycles. The van der Waals surface area contributed by atoms with Gasteiger partial charge in [0.25, 0.3) is 5.56 Å². The number of aryl methyl sites for hydroxylation is 1. The third-order valence-electron chi connectivity index (χ3n) is 6.32. The van der Waals surface area contributed by atoms with E-state index in [1.807, 2.05) is 54.0 Å². The molecular formula is C24H20ClN5O. The second-order valence-corrected chi connectivity index (χ2v) is 8.65. The molecule has 0 atom stereocenters. The first kappa shape index (κ1) is 18.5. The van der Waals surface area contributed by atoms with Crippen LogP contribution >= 0.6 is 11.6 Å². The molecule has 3 heterocycles. The molecule has 6 nitrogen and oxygen atoms in total. The first-order chi connectivity index (χ1) is 15.1. The predicted molar refractivity (Wildman–Crippen MR) is 123 cm³/mol. The van der Waals surface area contributed by atoms with Gasteiger partial charge in [-0.3, -0.25) is 13.9 Å². The molecule has 1 aliphatic carbocycles. The Bertz CT molecular complexity index is 1550. The van der Waals surface area contributed by atoms with Crippen molar-refractivity contribution in [3.05, 3.63) is 69.7 Å². The molecule has 0 radical (unpaired) electrons. The van der Waals surface area contributed by atoms with Gasteiger partial charge in [-0.05, 0) is 49.6 Å². The summed E-state index contributed by atoms with van der Waals surface area (Å²) in [7, 11) is 0. The summed E-state index contributed by atoms with van der Waals surface area (Å²) in [5, 5.41) is 1.17. The Labute approximate surface area is 183 Å². The van der Waals surface area contributed by atoms with E-state index in [1.54, 1.807) is 10.9 Å². The van der Waals surface area contributed by atoms with Crippen LogP contribution < -0.4 is 5.56 Å². The number of rotatable bonds is 2. The lowest BCUT2D eigenvalue weighted by molar-refractivity contribution is 0.499. The van der Waals surface area contributed by atoms with Gasteiger partial charge >= 0.3 is 0 Å². The molecule has 1 saturated carbocycles. The molecule has 31 heavy (non-hydrogen) atoms. The first-order valence-electron chi connectivity index (χ1n) is 10.6. The largest absolute Gasteiger partial charge is 0.295 e. The normalized spacial score (nSPS) is 14.9. The van der Waals surface area contributed by atoms with Gasteiger partial charge in [-0.25, -0.2) is 15.0 Å². The summed E-state index contributed by atoms with van der Waals surface area (Å²) in [6.45, 7) is 1.96. The SMILES string of the molecule is Cc1ccc(-n2c3nc4ccccc4nc3c3c(=O)n(C4CCCC4)cnc32)cc1Cl. The van der Waals surface area contributed by atoms with Gasteiger partial charge in [-0.1, -0.05) is 42.6 Å². The van der Waals surface area contributed by atoms with Gasteiger partial charge in [-0.2, -0.15) is 0 Å². The predicted octanol–water partition coefficient (Wildman–Crippen LogP) is 5.36. The molecule has 1 aliphatic rings. The van der Waals surface area contributed by atoms with E-state index >= 15 is 0 Å². The molecule has 0 amide bonds. The fourth-order valence-corrected chi connectivity index (χ4v) is 4.83. The standard InChI is InChI=1S/C24H20ClN5O/c1-14-10-11-16(12-17(14)25)30-22-20(24(31)29(13-26-22)15-6-2-3-7-15)21-23(30)28-19-9-5-4-8-18(19)27-21/h4-5,8-13,15H,2-3,6-7H2,1H3. The molecule has 0 unspecified atom stereocenters.